The third-order valence-corrected chi connectivity index (χ3v) is 2.34. The van der Waals surface area contributed by atoms with E-state index in [1.165, 1.54) is 0 Å². The van der Waals surface area contributed by atoms with Crippen molar-refractivity contribution in [3.63, 3.8) is 0 Å². The van der Waals surface area contributed by atoms with Crippen molar-refractivity contribution in [1.29, 1.82) is 0 Å². The molecule has 0 fully saturated rings. The van der Waals surface area contributed by atoms with Crippen LogP contribution in [0.15, 0.2) is 36.4 Å². The molecule has 0 heterocycles. The van der Waals surface area contributed by atoms with Crippen molar-refractivity contribution in [2.24, 2.45) is 0 Å². The van der Waals surface area contributed by atoms with Gasteiger partial charge in [-0.25, -0.2) is 4.79 Å². The Balaban J connectivity index is 2.40. The Bertz CT molecular complexity index is 398. The molecular weight excluding hydrogens is 216 g/mol. The molecule has 1 aromatic carbocycles. The van der Waals surface area contributed by atoms with Gasteiger partial charge in [-0.15, -0.1) is 0 Å². The number of hydrogen-bond acceptors (Lipinski definition) is 4. The summed E-state index contributed by atoms with van der Waals surface area (Å²) < 4.78 is 5.01. The zero-order valence-corrected chi connectivity index (χ0v) is 10.3. The fraction of sp³-hybridized carbons (Fsp3) is 0.308. The summed E-state index contributed by atoms with van der Waals surface area (Å²) in [5.74, 6) is -0.351. The molecule has 0 spiro atoms. The fourth-order valence-electron chi connectivity index (χ4n) is 1.26. The molecule has 0 amide bonds. The van der Waals surface area contributed by atoms with E-state index < -0.39 is 0 Å². The largest absolute Gasteiger partial charge is 0.460 e. The van der Waals surface area contributed by atoms with Gasteiger partial charge in [0.2, 0.25) is 0 Å². The van der Waals surface area contributed by atoms with Gasteiger partial charge < -0.3 is 15.4 Å². The molecule has 0 aliphatic carbocycles. The average Bonchev–Trinajstić information content (AvgIpc) is 2.29. The van der Waals surface area contributed by atoms with Crippen LogP contribution in [-0.2, 0) is 9.53 Å². The van der Waals surface area contributed by atoms with Crippen LogP contribution in [0, 0.1) is 0 Å². The first kappa shape index (κ1) is 13.1. The Kier molecular flexibility index (Phi) is 4.57. The number of esters is 1. The van der Waals surface area contributed by atoms with Crippen LogP contribution in [0.5, 0.6) is 0 Å². The van der Waals surface area contributed by atoms with Gasteiger partial charge in [0.25, 0.3) is 0 Å². The van der Waals surface area contributed by atoms with Gasteiger partial charge in [0, 0.05) is 24.0 Å². The number of anilines is 2. The van der Waals surface area contributed by atoms with E-state index in [2.05, 4.69) is 6.58 Å². The fourth-order valence-corrected chi connectivity index (χ4v) is 1.26. The van der Waals surface area contributed by atoms with E-state index in [1.54, 1.807) is 6.92 Å². The number of ether oxygens (including phenoxy) is 1. The first-order chi connectivity index (χ1) is 8.00. The maximum Gasteiger partial charge on any atom is 0.333 e. The highest BCUT2D eigenvalue weighted by Gasteiger charge is 2.04. The highest BCUT2D eigenvalue weighted by molar-refractivity contribution is 5.86. The standard InChI is InChI=1S/C13H18N2O2/c1-10(2)13(16)17-9-8-15(3)12-6-4-11(14)5-7-12/h4-7H,1,8-9,14H2,2-3H3. The molecule has 0 radical (unpaired) electrons. The maximum absolute atomic E-state index is 11.1. The lowest BCUT2D eigenvalue weighted by atomic mass is 10.2. The molecule has 0 saturated carbocycles. The second-order valence-corrected chi connectivity index (χ2v) is 3.93. The molecule has 4 heteroatoms. The van der Waals surface area contributed by atoms with Crippen molar-refractivity contribution >= 4 is 17.3 Å². The molecule has 0 unspecified atom stereocenters. The number of carbonyl (C=O) groups is 1. The lowest BCUT2D eigenvalue weighted by molar-refractivity contribution is -0.138. The summed E-state index contributed by atoms with van der Waals surface area (Å²) in [5.41, 5.74) is 7.78. The van der Waals surface area contributed by atoms with E-state index >= 15 is 0 Å². The monoisotopic (exact) mass is 234 g/mol. The van der Waals surface area contributed by atoms with E-state index in [-0.39, 0.29) is 5.97 Å². The SMILES string of the molecule is C=C(C)C(=O)OCCN(C)c1ccc(N)cc1. The Morgan fingerprint density at radius 3 is 2.53 bits per heavy atom. The lowest BCUT2D eigenvalue weighted by Gasteiger charge is -2.19. The predicted octanol–water partition coefficient (Wildman–Crippen LogP) is 1.82. The summed E-state index contributed by atoms with van der Waals surface area (Å²) in [4.78, 5) is 13.1. The van der Waals surface area contributed by atoms with Gasteiger partial charge in [-0.05, 0) is 31.2 Å². The van der Waals surface area contributed by atoms with Crippen LogP contribution in [0.1, 0.15) is 6.92 Å². The summed E-state index contributed by atoms with van der Waals surface area (Å²) in [5, 5.41) is 0. The first-order valence-electron chi connectivity index (χ1n) is 5.40. The molecule has 17 heavy (non-hydrogen) atoms. The van der Waals surface area contributed by atoms with Crippen molar-refractivity contribution in [2.45, 2.75) is 6.92 Å². The number of likely N-dealkylation sites (N-methyl/N-ethyl adjacent to an activating group) is 1. The Hall–Kier alpha value is -1.97. The third-order valence-electron chi connectivity index (χ3n) is 2.34. The summed E-state index contributed by atoms with van der Waals surface area (Å²) in [6, 6.07) is 7.53. The normalized spacial score (nSPS) is 9.76. The van der Waals surface area contributed by atoms with E-state index in [4.69, 9.17) is 10.5 Å². The number of carbonyl (C=O) groups excluding carboxylic acids is 1. The summed E-state index contributed by atoms with van der Waals surface area (Å²) >= 11 is 0. The van der Waals surface area contributed by atoms with Gasteiger partial charge in [0.15, 0.2) is 0 Å². The van der Waals surface area contributed by atoms with Crippen LogP contribution in [-0.4, -0.2) is 26.2 Å². The number of rotatable bonds is 5. The number of hydrogen-bond donors (Lipinski definition) is 1. The van der Waals surface area contributed by atoms with Crippen molar-refractivity contribution in [3.8, 4) is 0 Å². The van der Waals surface area contributed by atoms with E-state index in [9.17, 15) is 4.79 Å². The van der Waals surface area contributed by atoms with Crippen LogP contribution in [0.2, 0.25) is 0 Å². The molecule has 1 aromatic rings. The number of benzene rings is 1. The van der Waals surface area contributed by atoms with Crippen LogP contribution in [0.4, 0.5) is 11.4 Å². The predicted molar refractivity (Wildman–Crippen MR) is 69.9 cm³/mol. The molecule has 4 nitrogen and oxygen atoms in total. The van der Waals surface area contributed by atoms with E-state index in [0.29, 0.717) is 18.7 Å². The Morgan fingerprint density at radius 1 is 1.41 bits per heavy atom. The van der Waals surface area contributed by atoms with E-state index in [0.717, 1.165) is 11.4 Å². The van der Waals surface area contributed by atoms with Crippen LogP contribution in [0.25, 0.3) is 0 Å². The van der Waals surface area contributed by atoms with Crippen molar-refractivity contribution in [3.05, 3.63) is 36.4 Å². The van der Waals surface area contributed by atoms with Crippen molar-refractivity contribution in [2.75, 3.05) is 30.8 Å². The quantitative estimate of drug-likeness (QED) is 0.479. The summed E-state index contributed by atoms with van der Waals surface area (Å²) in [6.45, 7) is 6.12. The Morgan fingerprint density at radius 2 is 2.00 bits per heavy atom. The highest BCUT2D eigenvalue weighted by Crippen LogP contribution is 2.14. The second kappa shape index (κ2) is 5.94. The lowest BCUT2D eigenvalue weighted by Crippen LogP contribution is -2.24. The third kappa shape index (κ3) is 4.18. The topological polar surface area (TPSA) is 55.6 Å². The van der Waals surface area contributed by atoms with Gasteiger partial charge in [-0.3, -0.25) is 0 Å². The minimum Gasteiger partial charge on any atom is -0.460 e. The molecule has 0 atom stereocenters. The molecule has 92 valence electrons. The molecule has 0 aliphatic rings. The molecule has 1 rings (SSSR count). The zero-order valence-electron chi connectivity index (χ0n) is 10.3. The minimum absolute atomic E-state index is 0.340. The molecule has 2 N–H and O–H groups in total. The van der Waals surface area contributed by atoms with Crippen molar-refractivity contribution in [1.82, 2.24) is 0 Å². The summed E-state index contributed by atoms with van der Waals surface area (Å²) in [7, 11) is 1.93. The molecule has 0 bridgehead atoms. The van der Waals surface area contributed by atoms with Gasteiger partial charge in [0.05, 0.1) is 6.54 Å². The molecule has 0 aliphatic heterocycles. The van der Waals surface area contributed by atoms with Gasteiger partial charge in [0.1, 0.15) is 6.61 Å². The van der Waals surface area contributed by atoms with Crippen LogP contribution < -0.4 is 10.6 Å². The van der Waals surface area contributed by atoms with Gasteiger partial charge >= 0.3 is 5.97 Å². The molecule has 0 aromatic heterocycles. The van der Waals surface area contributed by atoms with E-state index in [1.807, 2.05) is 36.2 Å². The van der Waals surface area contributed by atoms with Gasteiger partial charge in [-0.2, -0.15) is 0 Å². The minimum atomic E-state index is -0.351. The number of nitrogen functional groups attached to an aromatic ring is 1. The maximum atomic E-state index is 11.1. The average molecular weight is 234 g/mol. The smallest absolute Gasteiger partial charge is 0.333 e. The summed E-state index contributed by atoms with van der Waals surface area (Å²) in [6.07, 6.45) is 0. The van der Waals surface area contributed by atoms with Crippen molar-refractivity contribution < 1.29 is 9.53 Å². The van der Waals surface area contributed by atoms with Gasteiger partial charge in [-0.1, -0.05) is 6.58 Å². The molecule has 0 saturated heterocycles. The van der Waals surface area contributed by atoms with Crippen LogP contribution >= 0.6 is 0 Å². The zero-order chi connectivity index (χ0) is 12.8. The Labute approximate surface area is 102 Å². The second-order valence-electron chi connectivity index (χ2n) is 3.93. The number of nitrogens with zero attached hydrogens (tertiary/aromatic N) is 1. The van der Waals surface area contributed by atoms with Crippen LogP contribution in [0.3, 0.4) is 0 Å². The number of nitrogens with two attached hydrogens (primary N) is 1. The highest BCUT2D eigenvalue weighted by atomic mass is 16.5. The first-order valence-corrected chi connectivity index (χ1v) is 5.40. The molecular formula is C13H18N2O2.